The van der Waals surface area contributed by atoms with E-state index in [9.17, 15) is 14.7 Å². The van der Waals surface area contributed by atoms with Gasteiger partial charge in [-0.1, -0.05) is 12.1 Å². The summed E-state index contributed by atoms with van der Waals surface area (Å²) in [7, 11) is 1.30. The molecule has 1 aromatic carbocycles. The Morgan fingerprint density at radius 3 is 2.61 bits per heavy atom. The fourth-order valence-electron chi connectivity index (χ4n) is 3.43. The van der Waals surface area contributed by atoms with Crippen molar-refractivity contribution in [3.05, 3.63) is 58.9 Å². The molecule has 8 nitrogen and oxygen atoms in total. The van der Waals surface area contributed by atoms with Crippen molar-refractivity contribution in [2.75, 3.05) is 13.7 Å². The minimum Gasteiger partial charge on any atom is -0.487 e. The largest absolute Gasteiger partial charge is 0.487 e. The number of ether oxygens (including phenoxy) is 3. The van der Waals surface area contributed by atoms with Crippen LogP contribution in [0.15, 0.2) is 36.4 Å². The average Bonchev–Trinajstić information content (AvgIpc) is 2.75. The maximum Gasteiger partial charge on any atom is 0.411 e. The molecule has 2 aromatic rings. The second-order valence-electron chi connectivity index (χ2n) is 8.28. The molecule has 1 amide bonds. The molecule has 2 heterocycles. The average molecular weight is 428 g/mol. The molecule has 1 atom stereocenters. The molecule has 0 bridgehead atoms. The molecule has 1 N–H and O–H groups in total. The van der Waals surface area contributed by atoms with Gasteiger partial charge in [-0.05, 0) is 62.6 Å². The molecule has 3 rings (SSSR count). The Hall–Kier alpha value is -3.13. The number of aliphatic hydroxyl groups excluding tert-OH is 1. The highest BCUT2D eigenvalue weighted by Crippen LogP contribution is 2.34. The van der Waals surface area contributed by atoms with Gasteiger partial charge in [0.2, 0.25) is 0 Å². The van der Waals surface area contributed by atoms with Crippen LogP contribution in [0, 0.1) is 0 Å². The summed E-state index contributed by atoms with van der Waals surface area (Å²) in [6, 6.07) is 9.91. The van der Waals surface area contributed by atoms with Crippen LogP contribution in [0.1, 0.15) is 49.3 Å². The number of pyridine rings is 1. The molecule has 1 aliphatic heterocycles. The zero-order valence-electron chi connectivity index (χ0n) is 18.3. The summed E-state index contributed by atoms with van der Waals surface area (Å²) in [6.07, 6.45) is 0.000978. The van der Waals surface area contributed by atoms with Crippen molar-refractivity contribution in [2.45, 2.75) is 52.0 Å². The lowest BCUT2D eigenvalue weighted by Crippen LogP contribution is -2.46. The van der Waals surface area contributed by atoms with Crippen molar-refractivity contribution in [1.82, 2.24) is 9.88 Å². The van der Waals surface area contributed by atoms with Gasteiger partial charge in [0.25, 0.3) is 0 Å². The lowest BCUT2D eigenvalue weighted by molar-refractivity contribution is -0.147. The zero-order valence-corrected chi connectivity index (χ0v) is 18.3. The van der Waals surface area contributed by atoms with Crippen molar-refractivity contribution in [2.24, 2.45) is 0 Å². The SMILES string of the molecule is COC(=O)[C@H]1c2ccc(OCc3cccc(CO)n3)cc2CCN1C(=O)OC(C)(C)C. The van der Waals surface area contributed by atoms with Gasteiger partial charge in [-0.2, -0.15) is 0 Å². The van der Waals surface area contributed by atoms with Crippen LogP contribution in [-0.4, -0.2) is 46.3 Å². The number of fused-ring (bicyclic) bond motifs is 1. The second-order valence-corrected chi connectivity index (χ2v) is 8.28. The summed E-state index contributed by atoms with van der Waals surface area (Å²) in [5.41, 5.74) is 2.21. The van der Waals surface area contributed by atoms with Gasteiger partial charge in [-0.25, -0.2) is 9.59 Å². The van der Waals surface area contributed by atoms with Crippen molar-refractivity contribution in [1.29, 1.82) is 0 Å². The Kier molecular flexibility index (Phi) is 6.80. The van der Waals surface area contributed by atoms with Crippen LogP contribution in [0.2, 0.25) is 0 Å². The third kappa shape index (κ3) is 5.52. The predicted octanol–water partition coefficient (Wildman–Crippen LogP) is 3.16. The Balaban J connectivity index is 1.80. The van der Waals surface area contributed by atoms with E-state index in [2.05, 4.69) is 4.98 Å². The second kappa shape index (κ2) is 9.34. The number of hydrogen-bond donors (Lipinski definition) is 1. The summed E-state index contributed by atoms with van der Waals surface area (Å²) < 4.78 is 16.3. The van der Waals surface area contributed by atoms with Crippen LogP contribution in [0.3, 0.4) is 0 Å². The van der Waals surface area contributed by atoms with Crippen LogP contribution < -0.4 is 4.74 Å². The molecule has 0 unspecified atom stereocenters. The van der Waals surface area contributed by atoms with E-state index in [-0.39, 0.29) is 13.2 Å². The number of carbonyl (C=O) groups excluding carboxylic acids is 2. The third-order valence-electron chi connectivity index (χ3n) is 4.81. The van der Waals surface area contributed by atoms with Gasteiger partial charge in [-0.3, -0.25) is 9.88 Å². The number of benzene rings is 1. The molecule has 1 aromatic heterocycles. The lowest BCUT2D eigenvalue weighted by atomic mass is 9.92. The quantitative estimate of drug-likeness (QED) is 0.731. The van der Waals surface area contributed by atoms with Gasteiger partial charge >= 0.3 is 12.1 Å². The van der Waals surface area contributed by atoms with E-state index < -0.39 is 23.7 Å². The monoisotopic (exact) mass is 428 g/mol. The van der Waals surface area contributed by atoms with Gasteiger partial charge in [0.15, 0.2) is 6.04 Å². The van der Waals surface area contributed by atoms with Gasteiger partial charge in [-0.15, -0.1) is 0 Å². The molecule has 0 spiro atoms. The van der Waals surface area contributed by atoms with Crippen LogP contribution in [0.5, 0.6) is 5.75 Å². The highest BCUT2D eigenvalue weighted by atomic mass is 16.6. The fourth-order valence-corrected chi connectivity index (χ4v) is 3.43. The number of rotatable bonds is 5. The Labute approximate surface area is 181 Å². The molecule has 31 heavy (non-hydrogen) atoms. The molecule has 0 radical (unpaired) electrons. The van der Waals surface area contributed by atoms with E-state index >= 15 is 0 Å². The first-order valence-electron chi connectivity index (χ1n) is 10.1. The molecule has 166 valence electrons. The van der Waals surface area contributed by atoms with Gasteiger partial charge in [0, 0.05) is 6.54 Å². The molecule has 0 saturated heterocycles. The number of aromatic nitrogens is 1. The smallest absolute Gasteiger partial charge is 0.411 e. The predicted molar refractivity (Wildman–Crippen MR) is 112 cm³/mol. The third-order valence-corrected chi connectivity index (χ3v) is 4.81. The van der Waals surface area contributed by atoms with E-state index in [0.717, 1.165) is 5.56 Å². The summed E-state index contributed by atoms with van der Waals surface area (Å²) in [4.78, 5) is 30.9. The molecule has 0 saturated carbocycles. The number of nitrogens with zero attached hydrogens (tertiary/aromatic N) is 2. The first kappa shape index (κ1) is 22.6. The highest BCUT2D eigenvalue weighted by molar-refractivity contribution is 5.84. The van der Waals surface area contributed by atoms with Crippen LogP contribution in [0.4, 0.5) is 4.79 Å². The van der Waals surface area contributed by atoms with Crippen molar-refractivity contribution >= 4 is 12.1 Å². The first-order chi connectivity index (χ1) is 14.7. The Bertz CT molecular complexity index is 953. The minimum atomic E-state index is -0.874. The van der Waals surface area contributed by atoms with E-state index in [0.29, 0.717) is 35.7 Å². The van der Waals surface area contributed by atoms with Gasteiger partial charge in [0.1, 0.15) is 18.0 Å². The van der Waals surface area contributed by atoms with Crippen LogP contribution in [-0.2, 0) is 33.9 Å². The Morgan fingerprint density at radius 1 is 1.19 bits per heavy atom. The maximum atomic E-state index is 12.7. The van der Waals surface area contributed by atoms with Gasteiger partial charge < -0.3 is 19.3 Å². The van der Waals surface area contributed by atoms with E-state index in [1.807, 2.05) is 18.2 Å². The molecule has 8 heteroatoms. The summed E-state index contributed by atoms with van der Waals surface area (Å²) in [6.45, 7) is 5.79. The van der Waals surface area contributed by atoms with Gasteiger partial charge in [0.05, 0.1) is 25.1 Å². The number of esters is 1. The fraction of sp³-hybridized carbons (Fsp3) is 0.435. The van der Waals surface area contributed by atoms with Crippen LogP contribution >= 0.6 is 0 Å². The van der Waals surface area contributed by atoms with Crippen LogP contribution in [0.25, 0.3) is 0 Å². The maximum absolute atomic E-state index is 12.7. The number of amides is 1. The summed E-state index contributed by atoms with van der Waals surface area (Å²) in [5.74, 6) is 0.106. The summed E-state index contributed by atoms with van der Waals surface area (Å²) >= 11 is 0. The van der Waals surface area contributed by atoms with Crippen molar-refractivity contribution in [3.63, 3.8) is 0 Å². The number of hydrogen-bond acceptors (Lipinski definition) is 7. The molecule has 0 fully saturated rings. The standard InChI is InChI=1S/C23H28N2O6/c1-23(2,3)31-22(28)25-11-10-15-12-18(8-9-19(15)20(25)21(27)29-4)30-14-17-7-5-6-16(13-26)24-17/h5-9,12,20,26H,10-11,13-14H2,1-4H3/t20-/m1/s1. The van der Waals surface area contributed by atoms with E-state index in [4.69, 9.17) is 14.2 Å². The Morgan fingerprint density at radius 2 is 1.94 bits per heavy atom. The molecular formula is C23H28N2O6. The van der Waals surface area contributed by atoms with E-state index in [1.54, 1.807) is 39.0 Å². The topological polar surface area (TPSA) is 98.2 Å². The normalized spacial score (nSPS) is 15.8. The summed E-state index contributed by atoms with van der Waals surface area (Å²) in [5, 5.41) is 9.21. The molecule has 1 aliphatic rings. The number of aliphatic hydroxyl groups is 1. The lowest BCUT2D eigenvalue weighted by Gasteiger charge is -2.36. The highest BCUT2D eigenvalue weighted by Gasteiger charge is 2.39. The zero-order chi connectivity index (χ0) is 22.6. The number of carbonyl (C=O) groups is 2. The van der Waals surface area contributed by atoms with Crippen molar-refractivity contribution in [3.8, 4) is 5.75 Å². The first-order valence-corrected chi connectivity index (χ1v) is 10.1. The molecular weight excluding hydrogens is 400 g/mol. The molecule has 0 aliphatic carbocycles. The number of methoxy groups -OCH3 is 1. The van der Waals surface area contributed by atoms with E-state index in [1.165, 1.54) is 12.0 Å². The minimum absolute atomic E-state index is 0.129. The van der Waals surface area contributed by atoms with Crippen molar-refractivity contribution < 1.29 is 28.9 Å².